The van der Waals surface area contributed by atoms with Crippen molar-refractivity contribution < 1.29 is 4.42 Å². The summed E-state index contributed by atoms with van der Waals surface area (Å²) in [5.74, 6) is 0.845. The minimum atomic E-state index is -0.0984. The minimum Gasteiger partial charge on any atom is -0.455 e. The van der Waals surface area contributed by atoms with E-state index in [1.54, 1.807) is 0 Å². The average Bonchev–Trinajstić information content (AvgIpc) is 3.51. The molecule has 0 saturated carbocycles. The molecule has 0 amide bonds. The Morgan fingerprint density at radius 2 is 1.47 bits per heavy atom. The topological polar surface area (TPSA) is 43.9 Å². The van der Waals surface area contributed by atoms with Crippen LogP contribution in [0.15, 0.2) is 114 Å². The highest BCUT2D eigenvalue weighted by Gasteiger charge is 2.25. The Kier molecular flexibility index (Phi) is 4.98. The number of aromatic nitrogens is 3. The third-order valence-corrected chi connectivity index (χ3v) is 7.24. The van der Waals surface area contributed by atoms with Crippen LogP contribution in [0.1, 0.15) is 26.3 Å². The van der Waals surface area contributed by atoms with Crippen LogP contribution in [-0.4, -0.2) is 14.5 Å². The normalized spacial score (nSPS) is 12.1. The third kappa shape index (κ3) is 3.52. The van der Waals surface area contributed by atoms with Crippen LogP contribution in [0.2, 0.25) is 0 Å². The molecule has 0 saturated heterocycles. The summed E-state index contributed by atoms with van der Waals surface area (Å²) < 4.78 is 8.82. The van der Waals surface area contributed by atoms with Crippen molar-refractivity contribution in [2.24, 2.45) is 0 Å². The lowest BCUT2D eigenvalue weighted by Crippen LogP contribution is -2.12. The summed E-state index contributed by atoms with van der Waals surface area (Å²) in [4.78, 5) is 9.90. The molecule has 3 heterocycles. The van der Waals surface area contributed by atoms with E-state index in [-0.39, 0.29) is 5.41 Å². The van der Waals surface area contributed by atoms with E-state index in [2.05, 4.69) is 115 Å². The lowest BCUT2D eigenvalue weighted by Gasteiger charge is -2.18. The van der Waals surface area contributed by atoms with Gasteiger partial charge in [0.25, 0.3) is 0 Å². The lowest BCUT2D eigenvalue weighted by molar-refractivity contribution is 0.592. The van der Waals surface area contributed by atoms with Gasteiger partial charge in [0.15, 0.2) is 0 Å². The van der Waals surface area contributed by atoms with E-state index in [1.807, 2.05) is 24.5 Å². The second-order valence-electron chi connectivity index (χ2n) is 10.8. The molecule has 4 heteroatoms. The highest BCUT2D eigenvalue weighted by Crippen LogP contribution is 2.40. The third-order valence-electron chi connectivity index (χ3n) is 7.24. The molecule has 0 atom stereocenters. The number of fused-ring (bicyclic) bond motifs is 4. The quantitative estimate of drug-likeness (QED) is 0.247. The molecule has 4 nitrogen and oxygen atoms in total. The van der Waals surface area contributed by atoms with Crippen molar-refractivity contribution in [3.63, 3.8) is 0 Å². The van der Waals surface area contributed by atoms with Crippen molar-refractivity contribution in [1.82, 2.24) is 14.5 Å². The van der Waals surface area contributed by atoms with Gasteiger partial charge in [0.1, 0.15) is 17.0 Å². The van der Waals surface area contributed by atoms with Gasteiger partial charge >= 0.3 is 0 Å². The van der Waals surface area contributed by atoms with Crippen LogP contribution in [0.4, 0.5) is 0 Å². The predicted octanol–water partition coefficient (Wildman–Crippen LogP) is 8.95. The SMILES string of the molecule is CC(C)(C)c1cncc2c1nc(-c1cccc3c1oc1cc(-c4ccccc4)ccc13)n2-c1ccccc1. The molecule has 0 fully saturated rings. The summed E-state index contributed by atoms with van der Waals surface area (Å²) in [7, 11) is 0. The van der Waals surface area contributed by atoms with Crippen LogP contribution >= 0.6 is 0 Å². The summed E-state index contributed by atoms with van der Waals surface area (Å²) in [5, 5.41) is 2.18. The van der Waals surface area contributed by atoms with E-state index >= 15 is 0 Å². The first-order chi connectivity index (χ1) is 18.5. The number of rotatable bonds is 3. The van der Waals surface area contributed by atoms with Crippen LogP contribution < -0.4 is 0 Å². The molecular weight excluding hydrogens is 466 g/mol. The molecule has 0 unspecified atom stereocenters. The second kappa shape index (κ2) is 8.42. The van der Waals surface area contributed by atoms with Crippen molar-refractivity contribution in [2.75, 3.05) is 0 Å². The molecule has 0 N–H and O–H groups in total. The van der Waals surface area contributed by atoms with Gasteiger partial charge in [-0.25, -0.2) is 4.98 Å². The molecule has 184 valence electrons. The van der Waals surface area contributed by atoms with Gasteiger partial charge in [0.05, 0.1) is 22.8 Å². The fraction of sp³-hybridized carbons (Fsp3) is 0.118. The Morgan fingerprint density at radius 3 is 2.24 bits per heavy atom. The van der Waals surface area contributed by atoms with E-state index in [9.17, 15) is 0 Å². The molecule has 0 bridgehead atoms. The summed E-state index contributed by atoms with van der Waals surface area (Å²) in [6, 6.07) is 33.6. The first kappa shape index (κ1) is 22.5. The van der Waals surface area contributed by atoms with Gasteiger partial charge in [-0.15, -0.1) is 0 Å². The van der Waals surface area contributed by atoms with Crippen LogP contribution in [0.3, 0.4) is 0 Å². The number of nitrogens with zero attached hydrogens (tertiary/aromatic N) is 3. The van der Waals surface area contributed by atoms with Crippen molar-refractivity contribution in [3.05, 3.63) is 115 Å². The van der Waals surface area contributed by atoms with Gasteiger partial charge in [-0.05, 0) is 46.9 Å². The number of para-hydroxylation sites is 2. The maximum Gasteiger partial charge on any atom is 0.149 e. The number of furan rings is 1. The number of imidazole rings is 1. The van der Waals surface area contributed by atoms with E-state index in [0.29, 0.717) is 0 Å². The number of hydrogen-bond donors (Lipinski definition) is 0. The molecule has 7 aromatic rings. The molecule has 0 radical (unpaired) electrons. The van der Waals surface area contributed by atoms with Crippen molar-refractivity contribution in [2.45, 2.75) is 26.2 Å². The van der Waals surface area contributed by atoms with Gasteiger partial charge in [-0.3, -0.25) is 9.55 Å². The molecule has 4 aromatic carbocycles. The maximum absolute atomic E-state index is 6.62. The fourth-order valence-corrected chi connectivity index (χ4v) is 5.35. The zero-order chi connectivity index (χ0) is 25.9. The smallest absolute Gasteiger partial charge is 0.149 e. The Hall–Kier alpha value is -4.70. The first-order valence-corrected chi connectivity index (χ1v) is 12.9. The van der Waals surface area contributed by atoms with Crippen LogP contribution in [0, 0.1) is 0 Å². The molecule has 7 rings (SSSR count). The van der Waals surface area contributed by atoms with Crippen LogP contribution in [-0.2, 0) is 5.41 Å². The fourth-order valence-electron chi connectivity index (χ4n) is 5.35. The Labute approximate surface area is 221 Å². The lowest BCUT2D eigenvalue weighted by atomic mass is 9.87. The molecule has 38 heavy (non-hydrogen) atoms. The molecular formula is C34H27N3O. The standard InChI is InChI=1S/C34H27N3O/c1-34(2,3)28-20-35-21-29-31(28)36-33(37(29)24-13-8-5-9-14-24)27-16-10-15-26-25-18-17-23(19-30(25)38-32(26)27)22-11-6-4-7-12-22/h4-21H,1-3H3. The number of hydrogen-bond acceptors (Lipinski definition) is 3. The number of pyridine rings is 1. The van der Waals surface area contributed by atoms with Crippen LogP contribution in [0.5, 0.6) is 0 Å². The monoisotopic (exact) mass is 493 g/mol. The highest BCUT2D eigenvalue weighted by molar-refractivity contribution is 6.10. The van der Waals surface area contributed by atoms with Gasteiger partial charge in [0.2, 0.25) is 0 Å². The molecule has 0 aliphatic carbocycles. The summed E-state index contributed by atoms with van der Waals surface area (Å²) in [6.07, 6.45) is 3.86. The Morgan fingerprint density at radius 1 is 0.711 bits per heavy atom. The molecule has 3 aromatic heterocycles. The molecule has 0 aliphatic rings. The van der Waals surface area contributed by atoms with Gasteiger partial charge in [-0.2, -0.15) is 0 Å². The molecule has 0 aliphatic heterocycles. The second-order valence-corrected chi connectivity index (χ2v) is 10.8. The zero-order valence-corrected chi connectivity index (χ0v) is 21.6. The van der Waals surface area contributed by atoms with E-state index < -0.39 is 0 Å². The zero-order valence-electron chi connectivity index (χ0n) is 21.6. The van der Waals surface area contributed by atoms with Crippen molar-refractivity contribution in [1.29, 1.82) is 0 Å². The largest absolute Gasteiger partial charge is 0.455 e. The average molecular weight is 494 g/mol. The van der Waals surface area contributed by atoms with Gasteiger partial charge in [-0.1, -0.05) is 87.5 Å². The van der Waals surface area contributed by atoms with Crippen LogP contribution in [0.25, 0.3) is 61.2 Å². The minimum absolute atomic E-state index is 0.0984. The van der Waals surface area contributed by atoms with Crippen molar-refractivity contribution in [3.8, 4) is 28.2 Å². The Bertz CT molecular complexity index is 1940. The number of benzene rings is 4. The maximum atomic E-state index is 6.62. The highest BCUT2D eigenvalue weighted by atomic mass is 16.3. The van der Waals surface area contributed by atoms with E-state index in [4.69, 9.17) is 9.40 Å². The van der Waals surface area contributed by atoms with Crippen molar-refractivity contribution >= 4 is 33.0 Å². The van der Waals surface area contributed by atoms with Gasteiger partial charge < -0.3 is 4.42 Å². The van der Waals surface area contributed by atoms with Gasteiger partial charge in [0, 0.05) is 28.2 Å². The predicted molar refractivity (Wildman–Crippen MR) is 156 cm³/mol. The Balaban J connectivity index is 1.52. The van der Waals surface area contributed by atoms with E-state index in [1.165, 1.54) is 5.56 Å². The summed E-state index contributed by atoms with van der Waals surface area (Å²) >= 11 is 0. The summed E-state index contributed by atoms with van der Waals surface area (Å²) in [6.45, 7) is 6.61. The van der Waals surface area contributed by atoms with E-state index in [0.717, 1.165) is 61.2 Å². The first-order valence-electron chi connectivity index (χ1n) is 12.9. The summed E-state index contributed by atoms with van der Waals surface area (Å²) in [5.41, 5.74) is 8.98. The molecule has 0 spiro atoms.